The van der Waals surface area contributed by atoms with E-state index in [0.717, 1.165) is 31.2 Å². The van der Waals surface area contributed by atoms with Crippen LogP contribution in [0.15, 0.2) is 23.1 Å². The van der Waals surface area contributed by atoms with Crippen LogP contribution in [0, 0.1) is 5.92 Å². The molecule has 0 radical (unpaired) electrons. The third-order valence-electron chi connectivity index (χ3n) is 3.48. The summed E-state index contributed by atoms with van der Waals surface area (Å²) in [5.41, 5.74) is 0.939. The van der Waals surface area contributed by atoms with E-state index in [4.69, 9.17) is 0 Å². The second-order valence-corrected chi connectivity index (χ2v) is 5.41. The minimum atomic E-state index is -0.359. The summed E-state index contributed by atoms with van der Waals surface area (Å²) >= 11 is 0. The Hall–Kier alpha value is -1.09. The van der Waals surface area contributed by atoms with Gasteiger partial charge in [-0.3, -0.25) is 4.79 Å². The van der Waals surface area contributed by atoms with Gasteiger partial charge in [0.25, 0.3) is 5.56 Å². The Morgan fingerprint density at radius 3 is 2.82 bits per heavy atom. The van der Waals surface area contributed by atoms with Crippen LogP contribution in [-0.4, -0.2) is 15.8 Å². The van der Waals surface area contributed by atoms with Crippen molar-refractivity contribution in [1.29, 1.82) is 0 Å². The Morgan fingerprint density at radius 2 is 2.24 bits per heavy atom. The largest absolute Gasteiger partial charge is 0.391 e. The molecule has 1 heterocycles. The summed E-state index contributed by atoms with van der Waals surface area (Å²) < 4.78 is 1.73. The third kappa shape index (κ3) is 2.60. The van der Waals surface area contributed by atoms with Gasteiger partial charge in [0, 0.05) is 11.8 Å². The quantitative estimate of drug-likeness (QED) is 0.872. The van der Waals surface area contributed by atoms with Crippen LogP contribution in [0.25, 0.3) is 0 Å². The Morgan fingerprint density at radius 1 is 1.47 bits per heavy atom. The van der Waals surface area contributed by atoms with Gasteiger partial charge in [0.15, 0.2) is 0 Å². The van der Waals surface area contributed by atoms with Gasteiger partial charge in [0.1, 0.15) is 0 Å². The zero-order valence-corrected chi connectivity index (χ0v) is 10.6. The molecule has 1 saturated carbocycles. The Labute approximate surface area is 102 Å². The number of aliphatic hydroxyl groups excluding tert-OH is 1. The second kappa shape index (κ2) is 5.05. The number of aliphatic hydroxyl groups is 1. The van der Waals surface area contributed by atoms with E-state index in [1.165, 1.54) is 0 Å². The summed E-state index contributed by atoms with van der Waals surface area (Å²) in [5, 5.41) is 9.88. The van der Waals surface area contributed by atoms with Crippen molar-refractivity contribution in [3.63, 3.8) is 0 Å². The topological polar surface area (TPSA) is 42.2 Å². The summed E-state index contributed by atoms with van der Waals surface area (Å²) in [6.45, 7) is 4.22. The van der Waals surface area contributed by atoms with Crippen LogP contribution in [0.1, 0.15) is 44.7 Å². The second-order valence-electron chi connectivity index (χ2n) is 5.41. The van der Waals surface area contributed by atoms with Crippen LogP contribution in [0.5, 0.6) is 0 Å². The number of aromatic nitrogens is 1. The molecule has 0 aliphatic heterocycles. The third-order valence-corrected chi connectivity index (χ3v) is 3.48. The van der Waals surface area contributed by atoms with Crippen LogP contribution in [-0.2, 0) is 6.42 Å². The molecule has 17 heavy (non-hydrogen) atoms. The molecular weight excluding hydrogens is 214 g/mol. The molecule has 0 aromatic carbocycles. The van der Waals surface area contributed by atoms with E-state index in [2.05, 4.69) is 13.8 Å². The molecule has 1 aromatic rings. The molecule has 3 nitrogen and oxygen atoms in total. The summed E-state index contributed by atoms with van der Waals surface area (Å²) in [7, 11) is 0. The van der Waals surface area contributed by atoms with Crippen molar-refractivity contribution in [2.45, 2.75) is 51.7 Å². The monoisotopic (exact) mass is 235 g/mol. The summed E-state index contributed by atoms with van der Waals surface area (Å²) in [5.74, 6) is 0.479. The molecular formula is C14H21NO2. The molecule has 1 aromatic heterocycles. The summed E-state index contributed by atoms with van der Waals surface area (Å²) in [6, 6.07) is 3.80. The predicted octanol–water partition coefficient (Wildman–Crippen LogP) is 2.13. The lowest BCUT2D eigenvalue weighted by Crippen LogP contribution is -2.31. The first-order valence-corrected chi connectivity index (χ1v) is 6.47. The van der Waals surface area contributed by atoms with Crippen LogP contribution >= 0.6 is 0 Å². The Bertz CT molecular complexity index is 436. The number of pyridine rings is 1. The zero-order chi connectivity index (χ0) is 12.4. The first kappa shape index (κ1) is 12.4. The molecule has 1 aliphatic carbocycles. The van der Waals surface area contributed by atoms with Gasteiger partial charge in [-0.2, -0.15) is 0 Å². The van der Waals surface area contributed by atoms with E-state index in [1.54, 1.807) is 4.57 Å². The molecule has 1 N–H and O–H groups in total. The molecule has 2 rings (SSSR count). The van der Waals surface area contributed by atoms with Gasteiger partial charge in [-0.15, -0.1) is 0 Å². The minimum Gasteiger partial charge on any atom is -0.391 e. The van der Waals surface area contributed by atoms with E-state index in [-0.39, 0.29) is 17.7 Å². The number of nitrogens with zero attached hydrogens (tertiary/aromatic N) is 1. The van der Waals surface area contributed by atoms with Crippen molar-refractivity contribution < 1.29 is 5.11 Å². The van der Waals surface area contributed by atoms with E-state index in [0.29, 0.717) is 5.92 Å². The van der Waals surface area contributed by atoms with Gasteiger partial charge in [-0.25, -0.2) is 0 Å². The molecule has 0 bridgehead atoms. The van der Waals surface area contributed by atoms with Gasteiger partial charge in [0.05, 0.1) is 12.1 Å². The van der Waals surface area contributed by atoms with Gasteiger partial charge >= 0.3 is 0 Å². The zero-order valence-electron chi connectivity index (χ0n) is 10.6. The smallest absolute Gasteiger partial charge is 0.254 e. The van der Waals surface area contributed by atoms with Crippen LogP contribution in [0.3, 0.4) is 0 Å². The molecule has 3 heteroatoms. The first-order chi connectivity index (χ1) is 8.09. The normalized spacial score (nSPS) is 24.5. The standard InChI is InChI=1S/C14H21NO2/c1-10(2)9-11-5-4-8-15(14(11)17)12-6-3-7-13(12)16/h4-5,8,10,12-13,16H,3,6-7,9H2,1-2H3/t12-,13+/m1/s1. The molecule has 0 spiro atoms. The van der Waals surface area contributed by atoms with Gasteiger partial charge in [0.2, 0.25) is 0 Å². The van der Waals surface area contributed by atoms with Crippen molar-refractivity contribution in [1.82, 2.24) is 4.57 Å². The van der Waals surface area contributed by atoms with Gasteiger partial charge < -0.3 is 9.67 Å². The summed E-state index contributed by atoms with van der Waals surface area (Å²) in [4.78, 5) is 12.3. The van der Waals surface area contributed by atoms with Crippen molar-refractivity contribution in [3.05, 3.63) is 34.2 Å². The van der Waals surface area contributed by atoms with Crippen LogP contribution in [0.4, 0.5) is 0 Å². The highest BCUT2D eigenvalue weighted by Gasteiger charge is 2.27. The lowest BCUT2D eigenvalue weighted by atomic mass is 10.0. The van der Waals surface area contributed by atoms with E-state index >= 15 is 0 Å². The van der Waals surface area contributed by atoms with Crippen LogP contribution < -0.4 is 5.56 Å². The maximum atomic E-state index is 12.3. The minimum absolute atomic E-state index is 0.0189. The fourth-order valence-corrected chi connectivity index (χ4v) is 2.66. The van der Waals surface area contributed by atoms with Crippen LogP contribution in [0.2, 0.25) is 0 Å². The Balaban J connectivity index is 2.32. The molecule has 0 unspecified atom stereocenters. The fourth-order valence-electron chi connectivity index (χ4n) is 2.66. The highest BCUT2D eigenvalue weighted by Crippen LogP contribution is 2.28. The molecule has 94 valence electrons. The Kier molecular flexibility index (Phi) is 3.67. The molecule has 1 fully saturated rings. The van der Waals surface area contributed by atoms with Crippen molar-refractivity contribution in [2.75, 3.05) is 0 Å². The maximum absolute atomic E-state index is 12.3. The average Bonchev–Trinajstić information content (AvgIpc) is 2.67. The fraction of sp³-hybridized carbons (Fsp3) is 0.643. The number of hydrogen-bond donors (Lipinski definition) is 1. The highest BCUT2D eigenvalue weighted by atomic mass is 16.3. The van der Waals surface area contributed by atoms with Crippen molar-refractivity contribution in [3.8, 4) is 0 Å². The SMILES string of the molecule is CC(C)Cc1cccn([C@@H]2CCC[C@@H]2O)c1=O. The number of rotatable bonds is 3. The first-order valence-electron chi connectivity index (χ1n) is 6.47. The molecule has 1 aliphatic rings. The number of hydrogen-bond acceptors (Lipinski definition) is 2. The van der Waals surface area contributed by atoms with Gasteiger partial charge in [-0.1, -0.05) is 19.9 Å². The van der Waals surface area contributed by atoms with E-state index < -0.39 is 0 Å². The lowest BCUT2D eigenvalue weighted by Gasteiger charge is -2.18. The van der Waals surface area contributed by atoms with E-state index in [9.17, 15) is 9.90 Å². The predicted molar refractivity (Wildman–Crippen MR) is 68.1 cm³/mol. The molecule has 0 amide bonds. The molecule has 2 atom stereocenters. The van der Waals surface area contributed by atoms with Crippen molar-refractivity contribution >= 4 is 0 Å². The molecule has 0 saturated heterocycles. The van der Waals surface area contributed by atoms with Crippen molar-refractivity contribution in [2.24, 2.45) is 5.92 Å². The van der Waals surface area contributed by atoms with E-state index in [1.807, 2.05) is 18.3 Å². The maximum Gasteiger partial charge on any atom is 0.254 e. The van der Waals surface area contributed by atoms with Gasteiger partial charge in [-0.05, 0) is 37.7 Å². The lowest BCUT2D eigenvalue weighted by molar-refractivity contribution is 0.134. The highest BCUT2D eigenvalue weighted by molar-refractivity contribution is 5.12. The average molecular weight is 235 g/mol. The summed E-state index contributed by atoms with van der Waals surface area (Å²) in [6.07, 6.45) is 4.99.